The predicted molar refractivity (Wildman–Crippen MR) is 131 cm³/mol. The van der Waals surface area contributed by atoms with Crippen molar-refractivity contribution < 1.29 is 0 Å². The minimum atomic E-state index is 0.406. The second kappa shape index (κ2) is 8.43. The number of H-pyrrole nitrogens is 2. The number of nitrogens with one attached hydrogen (secondary N) is 2. The number of pyridine rings is 1. The van der Waals surface area contributed by atoms with Crippen LogP contribution in [0.3, 0.4) is 0 Å². The number of aromatic nitrogens is 4. The van der Waals surface area contributed by atoms with E-state index in [1.165, 1.54) is 40.6 Å². The van der Waals surface area contributed by atoms with Gasteiger partial charge in [0.2, 0.25) is 0 Å². The van der Waals surface area contributed by atoms with E-state index in [0.717, 1.165) is 36.7 Å². The van der Waals surface area contributed by atoms with Gasteiger partial charge in [-0.3, -0.25) is 4.90 Å². The van der Waals surface area contributed by atoms with E-state index < -0.39 is 0 Å². The fourth-order valence-electron chi connectivity index (χ4n) is 5.13. The third-order valence-corrected chi connectivity index (χ3v) is 6.72. The Balaban J connectivity index is 1.39. The third-order valence-electron chi connectivity index (χ3n) is 6.72. The maximum atomic E-state index is 5.96. The lowest BCUT2D eigenvalue weighted by Gasteiger charge is -2.32. The number of anilines is 1. The Kier molecular flexibility index (Phi) is 5.47. The average Bonchev–Trinajstić information content (AvgIpc) is 3.37. The zero-order valence-corrected chi connectivity index (χ0v) is 19.2. The molecule has 3 aromatic heterocycles. The summed E-state index contributed by atoms with van der Waals surface area (Å²) in [6.07, 6.45) is 6.12. The van der Waals surface area contributed by atoms with E-state index in [0.29, 0.717) is 17.7 Å². The molecule has 32 heavy (non-hydrogen) atoms. The van der Waals surface area contributed by atoms with Gasteiger partial charge in [-0.2, -0.15) is 0 Å². The van der Waals surface area contributed by atoms with Crippen LogP contribution in [0.4, 0.5) is 5.82 Å². The summed E-state index contributed by atoms with van der Waals surface area (Å²) in [6.45, 7) is 9.73. The van der Waals surface area contributed by atoms with Crippen molar-refractivity contribution in [3.05, 3.63) is 65.4 Å². The Labute approximate surface area is 189 Å². The van der Waals surface area contributed by atoms with Gasteiger partial charge in [0, 0.05) is 41.1 Å². The molecule has 4 N–H and O–H groups in total. The lowest BCUT2D eigenvalue weighted by molar-refractivity contribution is 0.203. The fraction of sp³-hybridized carbons (Fsp3) is 0.385. The zero-order chi connectivity index (χ0) is 22.2. The summed E-state index contributed by atoms with van der Waals surface area (Å²) in [4.78, 5) is 18.0. The molecule has 0 bridgehead atoms. The Hall–Kier alpha value is -3.12. The number of likely N-dealkylation sites (tertiary alicyclic amines) is 1. The summed E-state index contributed by atoms with van der Waals surface area (Å²) in [5, 5.41) is 1.33. The number of piperidine rings is 1. The molecule has 4 aromatic rings. The quantitative estimate of drug-likeness (QED) is 0.400. The third kappa shape index (κ3) is 4.02. The zero-order valence-electron chi connectivity index (χ0n) is 19.2. The highest BCUT2D eigenvalue weighted by Crippen LogP contribution is 2.38. The molecule has 6 nitrogen and oxygen atoms in total. The van der Waals surface area contributed by atoms with Crippen LogP contribution in [0, 0.1) is 6.92 Å². The Morgan fingerprint density at radius 3 is 2.59 bits per heavy atom. The standard InChI is InChI=1S/C26H32N6/c1-16(2)25-22-12-19(4-5-23(22)31-26(25)20-6-9-28-24(27)13-20)18-7-10-32(11-8-18)15-21-14-29-17(3)30-21/h4-6,9,12-14,16,18,31H,7-8,10-11,15H2,1-3H3,(H2,27,28)(H,29,30). The molecule has 0 unspecified atom stereocenters. The van der Waals surface area contributed by atoms with Gasteiger partial charge in [0.15, 0.2) is 0 Å². The summed E-state index contributed by atoms with van der Waals surface area (Å²) in [5.41, 5.74) is 13.4. The molecule has 1 aliphatic heterocycles. The number of aryl methyl sites for hydroxylation is 1. The van der Waals surface area contributed by atoms with Crippen molar-refractivity contribution in [2.24, 2.45) is 0 Å². The van der Waals surface area contributed by atoms with E-state index in [1.54, 1.807) is 6.20 Å². The summed E-state index contributed by atoms with van der Waals surface area (Å²) in [6, 6.07) is 11.0. The molecular formula is C26H32N6. The maximum Gasteiger partial charge on any atom is 0.123 e. The number of benzene rings is 1. The number of aromatic amines is 2. The largest absolute Gasteiger partial charge is 0.384 e. The first-order valence-electron chi connectivity index (χ1n) is 11.6. The molecule has 5 rings (SSSR count). The van der Waals surface area contributed by atoms with E-state index >= 15 is 0 Å². The van der Waals surface area contributed by atoms with Crippen LogP contribution in [-0.4, -0.2) is 37.9 Å². The second-order valence-corrected chi connectivity index (χ2v) is 9.39. The minimum Gasteiger partial charge on any atom is -0.384 e. The number of hydrogen-bond acceptors (Lipinski definition) is 4. The lowest BCUT2D eigenvalue weighted by Crippen LogP contribution is -2.32. The molecule has 0 spiro atoms. The van der Waals surface area contributed by atoms with Crippen molar-refractivity contribution in [3.8, 4) is 11.3 Å². The number of rotatable bonds is 5. The van der Waals surface area contributed by atoms with Gasteiger partial charge in [0.25, 0.3) is 0 Å². The minimum absolute atomic E-state index is 0.406. The molecule has 0 aliphatic carbocycles. The van der Waals surface area contributed by atoms with Gasteiger partial charge in [-0.1, -0.05) is 19.9 Å². The van der Waals surface area contributed by atoms with E-state index in [2.05, 4.69) is 56.9 Å². The summed E-state index contributed by atoms with van der Waals surface area (Å²) in [5.74, 6) is 2.55. The average molecular weight is 429 g/mol. The molecule has 1 aromatic carbocycles. The molecule has 0 radical (unpaired) electrons. The van der Waals surface area contributed by atoms with Gasteiger partial charge in [0.05, 0.1) is 5.69 Å². The van der Waals surface area contributed by atoms with Gasteiger partial charge in [0.1, 0.15) is 11.6 Å². The van der Waals surface area contributed by atoms with E-state index in [-0.39, 0.29) is 0 Å². The number of fused-ring (bicyclic) bond motifs is 1. The first-order chi connectivity index (χ1) is 15.5. The molecule has 4 heterocycles. The second-order valence-electron chi connectivity index (χ2n) is 9.39. The summed E-state index contributed by atoms with van der Waals surface area (Å²) >= 11 is 0. The smallest absolute Gasteiger partial charge is 0.123 e. The van der Waals surface area contributed by atoms with E-state index in [4.69, 9.17) is 5.73 Å². The van der Waals surface area contributed by atoms with Gasteiger partial charge in [-0.25, -0.2) is 9.97 Å². The van der Waals surface area contributed by atoms with Gasteiger partial charge in [-0.15, -0.1) is 0 Å². The summed E-state index contributed by atoms with van der Waals surface area (Å²) in [7, 11) is 0. The lowest BCUT2D eigenvalue weighted by atomic mass is 9.87. The Morgan fingerprint density at radius 2 is 1.91 bits per heavy atom. The van der Waals surface area contributed by atoms with Gasteiger partial charge in [-0.05, 0) is 80.1 Å². The molecule has 1 fully saturated rings. The Morgan fingerprint density at radius 1 is 1.09 bits per heavy atom. The number of nitrogens with zero attached hydrogens (tertiary/aromatic N) is 3. The fourth-order valence-corrected chi connectivity index (χ4v) is 5.13. The monoisotopic (exact) mass is 428 g/mol. The van der Waals surface area contributed by atoms with Crippen molar-refractivity contribution in [2.75, 3.05) is 18.8 Å². The highest BCUT2D eigenvalue weighted by molar-refractivity contribution is 5.92. The molecule has 0 saturated carbocycles. The molecule has 166 valence electrons. The first-order valence-corrected chi connectivity index (χ1v) is 11.6. The van der Waals surface area contributed by atoms with Crippen molar-refractivity contribution in [2.45, 2.75) is 52.0 Å². The van der Waals surface area contributed by atoms with Crippen LogP contribution in [0.5, 0.6) is 0 Å². The van der Waals surface area contributed by atoms with Crippen molar-refractivity contribution in [1.29, 1.82) is 0 Å². The number of hydrogen-bond donors (Lipinski definition) is 3. The maximum absolute atomic E-state index is 5.96. The molecule has 6 heteroatoms. The van der Waals surface area contributed by atoms with Gasteiger partial charge < -0.3 is 15.7 Å². The number of imidazole rings is 1. The topological polar surface area (TPSA) is 86.6 Å². The van der Waals surface area contributed by atoms with Crippen LogP contribution in [0.1, 0.15) is 61.2 Å². The van der Waals surface area contributed by atoms with Crippen LogP contribution in [-0.2, 0) is 6.54 Å². The highest BCUT2D eigenvalue weighted by Gasteiger charge is 2.23. The van der Waals surface area contributed by atoms with Gasteiger partial charge >= 0.3 is 0 Å². The number of nitrogens with two attached hydrogens (primary N) is 1. The van der Waals surface area contributed by atoms with E-state index in [9.17, 15) is 0 Å². The van der Waals surface area contributed by atoms with Crippen molar-refractivity contribution in [1.82, 2.24) is 24.8 Å². The summed E-state index contributed by atoms with van der Waals surface area (Å²) < 4.78 is 0. The molecule has 0 atom stereocenters. The molecule has 0 amide bonds. The molecule has 1 aliphatic rings. The number of nitrogen functional groups attached to an aromatic ring is 1. The van der Waals surface area contributed by atoms with Crippen LogP contribution < -0.4 is 5.73 Å². The normalized spacial score (nSPS) is 15.8. The van der Waals surface area contributed by atoms with Crippen molar-refractivity contribution in [3.63, 3.8) is 0 Å². The van der Waals surface area contributed by atoms with Crippen LogP contribution in [0.2, 0.25) is 0 Å². The van der Waals surface area contributed by atoms with E-state index in [1.807, 2.05) is 25.3 Å². The van der Waals surface area contributed by atoms with Crippen LogP contribution in [0.15, 0.2) is 42.7 Å². The Bertz CT molecular complexity index is 1230. The molecular weight excluding hydrogens is 396 g/mol. The first kappa shape index (κ1) is 20.8. The SMILES string of the molecule is Cc1ncc(CN2CCC(c3ccc4[nH]c(-c5ccnc(N)c5)c(C(C)C)c4c3)CC2)[nH]1. The highest BCUT2D eigenvalue weighted by atomic mass is 15.1. The van der Waals surface area contributed by atoms with Crippen LogP contribution >= 0.6 is 0 Å². The van der Waals surface area contributed by atoms with Crippen molar-refractivity contribution >= 4 is 16.7 Å². The van der Waals surface area contributed by atoms with Crippen LogP contribution in [0.25, 0.3) is 22.2 Å². The predicted octanol–water partition coefficient (Wildman–Crippen LogP) is 5.35. The molecule has 1 saturated heterocycles.